The van der Waals surface area contributed by atoms with E-state index in [0.29, 0.717) is 4.47 Å². The lowest BCUT2D eigenvalue weighted by Gasteiger charge is -2.11. The van der Waals surface area contributed by atoms with Crippen LogP contribution in [0.1, 0.15) is 11.8 Å². The fourth-order valence-electron chi connectivity index (χ4n) is 0.653. The Morgan fingerprint density at radius 3 is 2.42 bits per heavy atom. The molecule has 12 heavy (non-hydrogen) atoms. The number of alkyl halides is 3. The van der Waals surface area contributed by atoms with Crippen LogP contribution in [0, 0.1) is 0 Å². The molecule has 0 aliphatic rings. The third-order valence-electron chi connectivity index (χ3n) is 1.25. The molecule has 0 saturated heterocycles. The average Bonchev–Trinajstić information content (AvgIpc) is 2.32. The molecule has 0 aliphatic heterocycles. The molecule has 0 spiro atoms. The Morgan fingerprint density at radius 1 is 1.50 bits per heavy atom. The summed E-state index contributed by atoms with van der Waals surface area (Å²) >= 11 is 2.95. The lowest BCUT2D eigenvalue weighted by molar-refractivity contribution is -0.152. The van der Waals surface area contributed by atoms with Crippen molar-refractivity contribution in [1.29, 1.82) is 0 Å². The molecule has 1 aromatic rings. The molecular formula is C6H5BrF3NO. The van der Waals surface area contributed by atoms with Crippen LogP contribution in [0.5, 0.6) is 0 Å². The van der Waals surface area contributed by atoms with Gasteiger partial charge in [-0.15, -0.1) is 0 Å². The van der Waals surface area contributed by atoms with Crippen molar-refractivity contribution in [3.63, 3.8) is 0 Å². The topological polar surface area (TPSA) is 39.2 Å². The van der Waals surface area contributed by atoms with Gasteiger partial charge >= 0.3 is 6.18 Å². The smallest absolute Gasteiger partial charge is 0.410 e. The van der Waals surface area contributed by atoms with Gasteiger partial charge in [0.15, 0.2) is 6.04 Å². The van der Waals surface area contributed by atoms with Crippen LogP contribution in [-0.2, 0) is 0 Å². The van der Waals surface area contributed by atoms with Crippen molar-refractivity contribution < 1.29 is 17.6 Å². The monoisotopic (exact) mass is 243 g/mol. The highest BCUT2D eigenvalue weighted by Gasteiger charge is 2.39. The summed E-state index contributed by atoms with van der Waals surface area (Å²) in [6.07, 6.45) is -3.31. The van der Waals surface area contributed by atoms with Gasteiger partial charge in [0.25, 0.3) is 0 Å². The Balaban J connectivity index is 2.85. The predicted octanol–water partition coefficient (Wildman–Crippen LogP) is 2.60. The number of nitrogens with two attached hydrogens (primary N) is 1. The fourth-order valence-corrected chi connectivity index (χ4v) is 0.972. The van der Waals surface area contributed by atoms with E-state index in [1.165, 1.54) is 6.07 Å². The van der Waals surface area contributed by atoms with Crippen molar-refractivity contribution in [3.05, 3.63) is 22.6 Å². The molecule has 6 heteroatoms. The van der Waals surface area contributed by atoms with E-state index in [1.54, 1.807) is 0 Å². The molecule has 0 aromatic carbocycles. The van der Waals surface area contributed by atoms with Crippen molar-refractivity contribution in [2.75, 3.05) is 0 Å². The summed E-state index contributed by atoms with van der Waals surface area (Å²) in [7, 11) is 0. The largest absolute Gasteiger partial charge is 0.466 e. The summed E-state index contributed by atoms with van der Waals surface area (Å²) in [6.45, 7) is 0. The third-order valence-corrected chi connectivity index (χ3v) is 1.66. The maximum Gasteiger partial charge on any atom is 0.410 e. The second kappa shape index (κ2) is 3.10. The van der Waals surface area contributed by atoms with Gasteiger partial charge in [0.1, 0.15) is 12.0 Å². The quantitative estimate of drug-likeness (QED) is 0.824. The number of rotatable bonds is 1. The molecule has 0 radical (unpaired) electrons. The van der Waals surface area contributed by atoms with Crippen LogP contribution in [0.25, 0.3) is 0 Å². The highest BCUT2D eigenvalue weighted by molar-refractivity contribution is 9.10. The molecule has 0 fully saturated rings. The van der Waals surface area contributed by atoms with E-state index < -0.39 is 12.2 Å². The van der Waals surface area contributed by atoms with Crippen molar-refractivity contribution in [2.24, 2.45) is 5.73 Å². The first-order valence-corrected chi connectivity index (χ1v) is 3.77. The number of furan rings is 1. The lowest BCUT2D eigenvalue weighted by Crippen LogP contribution is -2.27. The predicted molar refractivity (Wildman–Crippen MR) is 39.4 cm³/mol. The van der Waals surface area contributed by atoms with Gasteiger partial charge < -0.3 is 10.2 Å². The molecular weight excluding hydrogens is 239 g/mol. The maximum absolute atomic E-state index is 11.9. The van der Waals surface area contributed by atoms with Gasteiger partial charge in [-0.3, -0.25) is 0 Å². The highest BCUT2D eigenvalue weighted by Crippen LogP contribution is 2.32. The first-order chi connectivity index (χ1) is 5.41. The molecule has 2 N–H and O–H groups in total. The molecule has 0 aliphatic carbocycles. The summed E-state index contributed by atoms with van der Waals surface area (Å²) in [5.74, 6) is -0.297. The van der Waals surface area contributed by atoms with E-state index >= 15 is 0 Å². The highest BCUT2D eigenvalue weighted by atomic mass is 79.9. The molecule has 0 saturated carbocycles. The van der Waals surface area contributed by atoms with Gasteiger partial charge in [-0.05, 0) is 22.0 Å². The molecule has 1 heterocycles. The van der Waals surface area contributed by atoms with E-state index in [0.717, 1.165) is 6.26 Å². The van der Waals surface area contributed by atoms with Crippen LogP contribution in [0.15, 0.2) is 21.2 Å². The van der Waals surface area contributed by atoms with Gasteiger partial charge in [0.05, 0.1) is 4.47 Å². The minimum absolute atomic E-state index is 0.297. The average molecular weight is 244 g/mol. The Kier molecular flexibility index (Phi) is 2.48. The van der Waals surface area contributed by atoms with Gasteiger partial charge in [0.2, 0.25) is 0 Å². The zero-order chi connectivity index (χ0) is 9.35. The van der Waals surface area contributed by atoms with Gasteiger partial charge in [-0.2, -0.15) is 13.2 Å². The zero-order valence-corrected chi connectivity index (χ0v) is 7.32. The van der Waals surface area contributed by atoms with Crippen molar-refractivity contribution >= 4 is 15.9 Å². The molecule has 68 valence electrons. The third kappa shape index (κ3) is 2.01. The van der Waals surface area contributed by atoms with E-state index in [4.69, 9.17) is 5.73 Å². The van der Waals surface area contributed by atoms with E-state index in [1.807, 2.05) is 0 Å². The molecule has 0 amide bonds. The molecule has 0 unspecified atom stereocenters. The minimum atomic E-state index is -4.46. The minimum Gasteiger partial charge on any atom is -0.466 e. The van der Waals surface area contributed by atoms with Crippen LogP contribution in [0.4, 0.5) is 13.2 Å². The van der Waals surface area contributed by atoms with Crippen LogP contribution < -0.4 is 5.73 Å². The van der Waals surface area contributed by atoms with Gasteiger partial charge in [-0.1, -0.05) is 0 Å². The second-order valence-electron chi connectivity index (χ2n) is 2.19. The first-order valence-electron chi connectivity index (χ1n) is 2.97. The van der Waals surface area contributed by atoms with Crippen LogP contribution >= 0.6 is 15.9 Å². The van der Waals surface area contributed by atoms with Crippen LogP contribution in [-0.4, -0.2) is 6.18 Å². The van der Waals surface area contributed by atoms with Crippen LogP contribution in [0.3, 0.4) is 0 Å². The summed E-state index contributed by atoms with van der Waals surface area (Å²) in [6, 6.07) is -0.859. The van der Waals surface area contributed by atoms with Crippen molar-refractivity contribution in [2.45, 2.75) is 12.2 Å². The standard InChI is InChI=1S/C6H5BrF3NO/c7-3-1-4(12-2-3)5(11)6(8,9)10/h1-2,5H,11H2/t5-/m0/s1. The SMILES string of the molecule is N[C@@H](c1cc(Br)co1)C(F)(F)F. The zero-order valence-electron chi connectivity index (χ0n) is 5.73. The summed E-state index contributed by atoms with van der Waals surface area (Å²) < 4.78 is 40.8. The van der Waals surface area contributed by atoms with Crippen molar-refractivity contribution in [1.82, 2.24) is 0 Å². The summed E-state index contributed by atoms with van der Waals surface area (Å²) in [5, 5.41) is 0. The first kappa shape index (κ1) is 9.60. The normalized spacial score (nSPS) is 14.8. The number of halogens is 4. The van der Waals surface area contributed by atoms with Crippen LogP contribution in [0.2, 0.25) is 0 Å². The maximum atomic E-state index is 11.9. The Hall–Kier alpha value is -0.490. The van der Waals surface area contributed by atoms with E-state index in [-0.39, 0.29) is 5.76 Å². The number of hydrogen-bond donors (Lipinski definition) is 1. The Labute approximate surface area is 74.7 Å². The Morgan fingerprint density at radius 2 is 2.08 bits per heavy atom. The van der Waals surface area contributed by atoms with Crippen molar-refractivity contribution in [3.8, 4) is 0 Å². The summed E-state index contributed by atoms with van der Waals surface area (Å²) in [4.78, 5) is 0. The van der Waals surface area contributed by atoms with E-state index in [9.17, 15) is 13.2 Å². The van der Waals surface area contributed by atoms with Gasteiger partial charge in [0, 0.05) is 0 Å². The molecule has 1 atom stereocenters. The fraction of sp³-hybridized carbons (Fsp3) is 0.333. The lowest BCUT2D eigenvalue weighted by atomic mass is 10.2. The molecule has 2 nitrogen and oxygen atoms in total. The molecule has 0 bridgehead atoms. The second-order valence-corrected chi connectivity index (χ2v) is 3.10. The summed E-state index contributed by atoms with van der Waals surface area (Å²) in [5.41, 5.74) is 4.85. The molecule has 1 aromatic heterocycles. The number of hydrogen-bond acceptors (Lipinski definition) is 2. The van der Waals surface area contributed by atoms with E-state index in [2.05, 4.69) is 20.3 Å². The van der Waals surface area contributed by atoms with Gasteiger partial charge in [-0.25, -0.2) is 0 Å². The Bertz CT molecular complexity index is 270. The molecule has 1 rings (SSSR count).